The average Bonchev–Trinajstić information content (AvgIpc) is 2.66. The largest absolute Gasteiger partial charge is 0.471 e. The Labute approximate surface area is 114 Å². The number of fused-ring (bicyclic) bond motifs is 1. The molecule has 1 amide bonds. The molecular weight excluding hydrogens is 271 g/mol. The van der Waals surface area contributed by atoms with Crippen LogP contribution in [0.5, 0.6) is 0 Å². The van der Waals surface area contributed by atoms with Crippen LogP contribution in [-0.4, -0.2) is 23.9 Å². The maximum atomic E-state index is 12.2. The van der Waals surface area contributed by atoms with Gasteiger partial charge in [-0.3, -0.25) is 9.59 Å². The summed E-state index contributed by atoms with van der Waals surface area (Å²) >= 11 is 0. The normalized spacial score (nSPS) is 18.0. The van der Waals surface area contributed by atoms with Gasteiger partial charge in [0.15, 0.2) is 5.78 Å². The van der Waals surface area contributed by atoms with Crippen molar-refractivity contribution in [2.24, 2.45) is 0 Å². The number of amides is 1. The monoisotopic (exact) mass is 285 g/mol. The predicted octanol–water partition coefficient (Wildman–Crippen LogP) is 2.43. The topological polar surface area (TPSA) is 46.2 Å². The maximum absolute atomic E-state index is 12.2. The quantitative estimate of drug-likeness (QED) is 0.927. The number of ketones is 1. The number of carbonyl (C=O) groups excluding carboxylic acids is 2. The van der Waals surface area contributed by atoms with E-state index in [0.29, 0.717) is 11.1 Å². The molecule has 0 aromatic heterocycles. The van der Waals surface area contributed by atoms with Gasteiger partial charge in [-0.25, -0.2) is 0 Å². The lowest BCUT2D eigenvalue weighted by molar-refractivity contribution is -0.174. The van der Waals surface area contributed by atoms with E-state index in [0.717, 1.165) is 18.4 Å². The lowest BCUT2D eigenvalue weighted by Gasteiger charge is -2.12. The number of halogens is 3. The van der Waals surface area contributed by atoms with Crippen molar-refractivity contribution in [3.05, 3.63) is 34.9 Å². The molecule has 1 aromatic rings. The molecule has 0 aliphatic heterocycles. The van der Waals surface area contributed by atoms with Crippen molar-refractivity contribution in [3.8, 4) is 0 Å². The number of aryl methyl sites for hydroxylation is 1. The summed E-state index contributed by atoms with van der Waals surface area (Å²) in [6.45, 7) is 2.00. The Morgan fingerprint density at radius 1 is 1.40 bits per heavy atom. The second-order valence-corrected chi connectivity index (χ2v) is 4.83. The summed E-state index contributed by atoms with van der Waals surface area (Å²) in [6.07, 6.45) is -3.13. The number of Topliss-reactive ketones (excluding diaryl/α,β-unsaturated/α-hetero) is 1. The molecule has 0 saturated carbocycles. The van der Waals surface area contributed by atoms with Crippen molar-refractivity contribution < 1.29 is 22.8 Å². The highest BCUT2D eigenvalue weighted by Crippen LogP contribution is 2.25. The molecule has 1 atom stereocenters. The summed E-state index contributed by atoms with van der Waals surface area (Å²) in [4.78, 5) is 22.9. The first-order valence-electron chi connectivity index (χ1n) is 6.36. The van der Waals surface area contributed by atoms with Crippen LogP contribution in [0.4, 0.5) is 13.2 Å². The van der Waals surface area contributed by atoms with Crippen LogP contribution in [0.25, 0.3) is 0 Å². The van der Waals surface area contributed by atoms with Gasteiger partial charge in [-0.2, -0.15) is 13.2 Å². The third kappa shape index (κ3) is 2.84. The molecule has 0 bridgehead atoms. The fraction of sp³-hybridized carbons (Fsp3) is 0.429. The van der Waals surface area contributed by atoms with Gasteiger partial charge in [-0.05, 0) is 23.6 Å². The molecule has 1 unspecified atom stereocenters. The summed E-state index contributed by atoms with van der Waals surface area (Å²) in [5.74, 6) is -2.52. The first kappa shape index (κ1) is 14.6. The number of carbonyl (C=O) groups is 2. The summed E-state index contributed by atoms with van der Waals surface area (Å²) in [5.41, 5.74) is 2.08. The average molecular weight is 285 g/mol. The van der Waals surface area contributed by atoms with Gasteiger partial charge in [0.2, 0.25) is 0 Å². The van der Waals surface area contributed by atoms with Crippen LogP contribution >= 0.6 is 0 Å². The van der Waals surface area contributed by atoms with Crippen LogP contribution in [0.2, 0.25) is 0 Å². The van der Waals surface area contributed by atoms with Crippen LogP contribution in [0.1, 0.15) is 34.8 Å². The molecule has 1 aromatic carbocycles. The van der Waals surface area contributed by atoms with Gasteiger partial charge in [0.25, 0.3) is 0 Å². The smallest absolute Gasteiger partial charge is 0.338 e. The molecule has 1 aliphatic rings. The molecule has 0 spiro atoms. The van der Waals surface area contributed by atoms with Crippen LogP contribution in [0.15, 0.2) is 18.2 Å². The summed E-state index contributed by atoms with van der Waals surface area (Å²) in [6, 6.07) is 4.21. The van der Waals surface area contributed by atoms with Crippen molar-refractivity contribution >= 4 is 11.7 Å². The fourth-order valence-corrected chi connectivity index (χ4v) is 2.33. The Morgan fingerprint density at radius 2 is 2.10 bits per heavy atom. The van der Waals surface area contributed by atoms with E-state index in [4.69, 9.17) is 0 Å². The van der Waals surface area contributed by atoms with Gasteiger partial charge in [0.05, 0.1) is 6.04 Å². The van der Waals surface area contributed by atoms with E-state index in [-0.39, 0.29) is 6.42 Å². The highest BCUT2D eigenvalue weighted by molar-refractivity contribution is 6.06. The summed E-state index contributed by atoms with van der Waals surface area (Å²) in [7, 11) is 0. The van der Waals surface area contributed by atoms with Crippen molar-refractivity contribution in [3.63, 3.8) is 0 Å². The molecule has 20 heavy (non-hydrogen) atoms. The zero-order valence-corrected chi connectivity index (χ0v) is 10.9. The van der Waals surface area contributed by atoms with Crippen molar-refractivity contribution in [2.45, 2.75) is 38.4 Å². The Morgan fingerprint density at radius 3 is 2.70 bits per heavy atom. The van der Waals surface area contributed by atoms with Crippen LogP contribution < -0.4 is 5.32 Å². The van der Waals surface area contributed by atoms with E-state index in [1.165, 1.54) is 0 Å². The number of rotatable bonds is 3. The van der Waals surface area contributed by atoms with Gasteiger partial charge < -0.3 is 5.32 Å². The molecule has 0 radical (unpaired) electrons. The first-order chi connectivity index (χ1) is 9.32. The highest BCUT2D eigenvalue weighted by atomic mass is 19.4. The number of benzene rings is 1. The van der Waals surface area contributed by atoms with Crippen molar-refractivity contribution in [2.75, 3.05) is 0 Å². The first-order valence-corrected chi connectivity index (χ1v) is 6.36. The van der Waals surface area contributed by atoms with Gasteiger partial charge in [0, 0.05) is 12.0 Å². The van der Waals surface area contributed by atoms with E-state index in [9.17, 15) is 22.8 Å². The van der Waals surface area contributed by atoms with Crippen molar-refractivity contribution in [1.29, 1.82) is 0 Å². The molecule has 0 heterocycles. The Balaban J connectivity index is 2.15. The van der Waals surface area contributed by atoms with Gasteiger partial charge in [-0.1, -0.05) is 25.5 Å². The van der Waals surface area contributed by atoms with Gasteiger partial charge in [-0.15, -0.1) is 0 Å². The molecule has 3 nitrogen and oxygen atoms in total. The van der Waals surface area contributed by atoms with Crippen LogP contribution in [0.3, 0.4) is 0 Å². The molecule has 6 heteroatoms. The highest BCUT2D eigenvalue weighted by Gasteiger charge is 2.42. The van der Waals surface area contributed by atoms with E-state index >= 15 is 0 Å². The molecule has 0 saturated heterocycles. The lowest BCUT2D eigenvalue weighted by Crippen LogP contribution is -2.45. The molecule has 108 valence electrons. The van der Waals surface area contributed by atoms with Crippen molar-refractivity contribution in [1.82, 2.24) is 5.32 Å². The zero-order chi connectivity index (χ0) is 14.9. The van der Waals surface area contributed by atoms with E-state index in [2.05, 4.69) is 0 Å². The molecule has 2 rings (SSSR count). The van der Waals surface area contributed by atoms with E-state index < -0.39 is 23.9 Å². The van der Waals surface area contributed by atoms with E-state index in [1.807, 2.05) is 13.0 Å². The minimum absolute atomic E-state index is 0.113. The number of hydrogen-bond donors (Lipinski definition) is 1. The molecule has 1 N–H and O–H groups in total. The summed E-state index contributed by atoms with van der Waals surface area (Å²) < 4.78 is 36.6. The zero-order valence-electron chi connectivity index (χ0n) is 10.9. The minimum Gasteiger partial charge on any atom is -0.338 e. The fourth-order valence-electron chi connectivity index (χ4n) is 2.33. The molecular formula is C14H14F3NO2. The second kappa shape index (κ2) is 5.26. The summed E-state index contributed by atoms with van der Waals surface area (Å²) in [5, 5.41) is 1.75. The Hall–Kier alpha value is -1.85. The standard InChI is InChI=1S/C14H14F3NO2/c1-2-3-8-4-5-9-7-11(12(19)10(9)6-8)18-13(20)14(15,16)17/h4-6,11H,2-3,7H2,1H3,(H,18,20). The number of alkyl halides is 3. The maximum Gasteiger partial charge on any atom is 0.471 e. The number of hydrogen-bond acceptors (Lipinski definition) is 2. The third-order valence-corrected chi connectivity index (χ3v) is 3.28. The molecule has 0 fully saturated rings. The minimum atomic E-state index is -4.97. The van der Waals surface area contributed by atoms with E-state index in [1.54, 1.807) is 17.4 Å². The number of nitrogens with one attached hydrogen (secondary N) is 1. The SMILES string of the molecule is CCCc1ccc2c(c1)C(=O)C(NC(=O)C(F)(F)F)C2. The molecule has 1 aliphatic carbocycles. The second-order valence-electron chi connectivity index (χ2n) is 4.83. The van der Waals surface area contributed by atoms with Crippen LogP contribution in [0, 0.1) is 0 Å². The Bertz CT molecular complexity index is 552. The van der Waals surface area contributed by atoms with Gasteiger partial charge >= 0.3 is 12.1 Å². The lowest BCUT2D eigenvalue weighted by atomic mass is 10.0. The predicted molar refractivity (Wildman–Crippen MR) is 66.5 cm³/mol. The Kier molecular flexibility index (Phi) is 3.83. The van der Waals surface area contributed by atoms with Gasteiger partial charge in [0.1, 0.15) is 0 Å². The third-order valence-electron chi connectivity index (χ3n) is 3.28. The van der Waals surface area contributed by atoms with Crippen LogP contribution in [-0.2, 0) is 17.6 Å².